The molecular weight excluding hydrogens is 212 g/mol. The van der Waals surface area contributed by atoms with Crippen LogP contribution in [0.5, 0.6) is 0 Å². The molecule has 2 aromatic heterocycles. The third kappa shape index (κ3) is 2.50. The van der Waals surface area contributed by atoms with E-state index in [0.717, 1.165) is 17.1 Å². The molecule has 0 aliphatic rings. The minimum absolute atomic E-state index is 0.632. The fraction of sp³-hybridized carbons (Fsp3) is 0.182. The second-order valence-corrected chi connectivity index (χ2v) is 3.68. The maximum atomic E-state index is 5.73. The van der Waals surface area contributed by atoms with E-state index >= 15 is 0 Å². The Hall–Kier alpha value is -1.48. The zero-order valence-electron chi connectivity index (χ0n) is 8.33. The highest BCUT2D eigenvalue weighted by molar-refractivity contribution is 6.30. The van der Waals surface area contributed by atoms with Crippen molar-refractivity contribution >= 4 is 17.4 Å². The molecule has 0 saturated carbocycles. The molecule has 0 fully saturated rings. The molecule has 0 bridgehead atoms. The average Bonchev–Trinajstić information content (AvgIpc) is 2.63. The fourth-order valence-electron chi connectivity index (χ4n) is 1.24. The van der Waals surface area contributed by atoms with Crippen LogP contribution in [0, 0.1) is 6.92 Å². The van der Waals surface area contributed by atoms with Gasteiger partial charge in [-0.25, -0.2) is 4.98 Å². The Labute approximate surface area is 93.1 Å². The molecule has 0 aliphatic carbocycles. The van der Waals surface area contributed by atoms with Crippen LogP contribution < -0.4 is 5.32 Å². The Morgan fingerprint density at radius 1 is 1.40 bits per heavy atom. The number of pyridine rings is 1. The molecule has 15 heavy (non-hydrogen) atoms. The SMILES string of the molecule is Cc1ccoc1CNc1ccc(Cl)cn1. The molecule has 0 aromatic carbocycles. The van der Waals surface area contributed by atoms with Crippen molar-refractivity contribution in [1.29, 1.82) is 0 Å². The van der Waals surface area contributed by atoms with Gasteiger partial charge in [0.1, 0.15) is 11.6 Å². The molecule has 2 heterocycles. The van der Waals surface area contributed by atoms with Crippen molar-refractivity contribution in [3.63, 3.8) is 0 Å². The third-order valence-corrected chi connectivity index (χ3v) is 2.35. The first-order valence-corrected chi connectivity index (χ1v) is 5.02. The number of halogens is 1. The molecule has 0 atom stereocenters. The molecule has 0 radical (unpaired) electrons. The molecule has 4 heteroatoms. The number of rotatable bonds is 3. The molecular formula is C11H11ClN2O. The highest BCUT2D eigenvalue weighted by Gasteiger charge is 2.01. The number of hydrogen-bond donors (Lipinski definition) is 1. The Morgan fingerprint density at radius 3 is 2.87 bits per heavy atom. The van der Waals surface area contributed by atoms with Crippen molar-refractivity contribution in [2.75, 3.05) is 5.32 Å². The summed E-state index contributed by atoms with van der Waals surface area (Å²) in [6.45, 7) is 2.64. The van der Waals surface area contributed by atoms with E-state index in [1.807, 2.05) is 19.1 Å². The molecule has 0 amide bonds. The lowest BCUT2D eigenvalue weighted by Crippen LogP contribution is -2.00. The number of hydrogen-bond acceptors (Lipinski definition) is 3. The van der Waals surface area contributed by atoms with E-state index in [4.69, 9.17) is 16.0 Å². The minimum Gasteiger partial charge on any atom is -0.467 e. The maximum absolute atomic E-state index is 5.73. The lowest BCUT2D eigenvalue weighted by atomic mass is 10.3. The third-order valence-electron chi connectivity index (χ3n) is 2.13. The highest BCUT2D eigenvalue weighted by atomic mass is 35.5. The number of aromatic nitrogens is 1. The van der Waals surface area contributed by atoms with E-state index < -0.39 is 0 Å². The van der Waals surface area contributed by atoms with Crippen molar-refractivity contribution in [3.05, 3.63) is 47.0 Å². The summed E-state index contributed by atoms with van der Waals surface area (Å²) in [5.74, 6) is 1.71. The largest absolute Gasteiger partial charge is 0.467 e. The van der Waals surface area contributed by atoms with Crippen LogP contribution in [0.3, 0.4) is 0 Å². The van der Waals surface area contributed by atoms with Gasteiger partial charge in [-0.2, -0.15) is 0 Å². The van der Waals surface area contributed by atoms with Gasteiger partial charge in [0.25, 0.3) is 0 Å². The van der Waals surface area contributed by atoms with Crippen LogP contribution in [0.15, 0.2) is 35.1 Å². The molecule has 1 N–H and O–H groups in total. The summed E-state index contributed by atoms with van der Waals surface area (Å²) in [7, 11) is 0. The highest BCUT2D eigenvalue weighted by Crippen LogP contribution is 2.13. The van der Waals surface area contributed by atoms with Crippen LogP contribution in [-0.2, 0) is 6.54 Å². The molecule has 0 aliphatic heterocycles. The Kier molecular flexibility index (Phi) is 2.92. The second kappa shape index (κ2) is 4.36. The standard InChI is InChI=1S/C11H11ClN2O/c1-8-4-5-15-10(8)7-14-11-3-2-9(12)6-13-11/h2-6H,7H2,1H3,(H,13,14). The molecule has 2 rings (SSSR count). The van der Waals surface area contributed by atoms with Crippen LogP contribution in [-0.4, -0.2) is 4.98 Å². The average molecular weight is 223 g/mol. The fourth-order valence-corrected chi connectivity index (χ4v) is 1.35. The second-order valence-electron chi connectivity index (χ2n) is 3.24. The van der Waals surface area contributed by atoms with Crippen molar-refractivity contribution < 1.29 is 4.42 Å². The number of nitrogens with zero attached hydrogens (tertiary/aromatic N) is 1. The van der Waals surface area contributed by atoms with E-state index in [1.54, 1.807) is 18.5 Å². The van der Waals surface area contributed by atoms with E-state index in [-0.39, 0.29) is 0 Å². The topological polar surface area (TPSA) is 38.1 Å². The van der Waals surface area contributed by atoms with Gasteiger partial charge >= 0.3 is 0 Å². The predicted octanol–water partition coefficient (Wildman–Crippen LogP) is 3.25. The minimum atomic E-state index is 0.632. The summed E-state index contributed by atoms with van der Waals surface area (Å²) < 4.78 is 5.29. The number of furan rings is 1. The summed E-state index contributed by atoms with van der Waals surface area (Å²) in [6, 6.07) is 5.57. The van der Waals surface area contributed by atoms with Gasteiger partial charge in [-0.15, -0.1) is 0 Å². The predicted molar refractivity (Wildman–Crippen MR) is 60.0 cm³/mol. The van der Waals surface area contributed by atoms with Crippen LogP contribution in [0.1, 0.15) is 11.3 Å². The number of anilines is 1. The van der Waals surface area contributed by atoms with Gasteiger partial charge in [-0.05, 0) is 30.7 Å². The summed E-state index contributed by atoms with van der Waals surface area (Å²) in [4.78, 5) is 4.12. The lowest BCUT2D eigenvalue weighted by Gasteiger charge is -2.03. The van der Waals surface area contributed by atoms with E-state index in [2.05, 4.69) is 10.3 Å². The van der Waals surface area contributed by atoms with Crippen molar-refractivity contribution in [2.45, 2.75) is 13.5 Å². The zero-order valence-corrected chi connectivity index (χ0v) is 9.08. The van der Waals surface area contributed by atoms with Gasteiger partial charge in [0.15, 0.2) is 0 Å². The molecule has 78 valence electrons. The Bertz CT molecular complexity index is 436. The van der Waals surface area contributed by atoms with Gasteiger partial charge in [-0.1, -0.05) is 11.6 Å². The first kappa shape index (κ1) is 10.1. The quantitative estimate of drug-likeness (QED) is 0.867. The van der Waals surface area contributed by atoms with Crippen molar-refractivity contribution in [1.82, 2.24) is 4.98 Å². The summed E-state index contributed by atoms with van der Waals surface area (Å²) in [5, 5.41) is 3.79. The van der Waals surface area contributed by atoms with Crippen LogP contribution in [0.25, 0.3) is 0 Å². The maximum Gasteiger partial charge on any atom is 0.126 e. The van der Waals surface area contributed by atoms with Crippen molar-refractivity contribution in [2.24, 2.45) is 0 Å². The normalized spacial score (nSPS) is 10.3. The van der Waals surface area contributed by atoms with Crippen molar-refractivity contribution in [3.8, 4) is 0 Å². The first-order valence-electron chi connectivity index (χ1n) is 4.64. The summed E-state index contributed by atoms with van der Waals surface area (Å²) >= 11 is 5.73. The van der Waals surface area contributed by atoms with Gasteiger partial charge in [0, 0.05) is 6.20 Å². The molecule has 3 nitrogen and oxygen atoms in total. The van der Waals surface area contributed by atoms with Crippen LogP contribution >= 0.6 is 11.6 Å². The van der Waals surface area contributed by atoms with Gasteiger partial charge in [0.2, 0.25) is 0 Å². The first-order chi connectivity index (χ1) is 7.25. The van der Waals surface area contributed by atoms with Crippen LogP contribution in [0.2, 0.25) is 5.02 Å². The smallest absolute Gasteiger partial charge is 0.126 e. The van der Waals surface area contributed by atoms with E-state index in [0.29, 0.717) is 11.6 Å². The number of nitrogens with one attached hydrogen (secondary N) is 1. The summed E-state index contributed by atoms with van der Waals surface area (Å²) in [6.07, 6.45) is 3.29. The Morgan fingerprint density at radius 2 is 2.27 bits per heavy atom. The van der Waals surface area contributed by atoms with Gasteiger partial charge < -0.3 is 9.73 Å². The zero-order chi connectivity index (χ0) is 10.7. The van der Waals surface area contributed by atoms with Gasteiger partial charge in [0.05, 0.1) is 17.8 Å². The molecule has 0 saturated heterocycles. The van der Waals surface area contributed by atoms with Gasteiger partial charge in [-0.3, -0.25) is 0 Å². The molecule has 2 aromatic rings. The monoisotopic (exact) mass is 222 g/mol. The van der Waals surface area contributed by atoms with Crippen LogP contribution in [0.4, 0.5) is 5.82 Å². The van der Waals surface area contributed by atoms with E-state index in [1.165, 1.54) is 0 Å². The molecule has 0 unspecified atom stereocenters. The molecule has 0 spiro atoms. The van der Waals surface area contributed by atoms with E-state index in [9.17, 15) is 0 Å². The Balaban J connectivity index is 1.99. The summed E-state index contributed by atoms with van der Waals surface area (Å²) in [5.41, 5.74) is 1.14. The number of aryl methyl sites for hydroxylation is 1. The lowest BCUT2D eigenvalue weighted by molar-refractivity contribution is 0.515.